The lowest BCUT2D eigenvalue weighted by molar-refractivity contribution is 0.0497. The zero-order valence-corrected chi connectivity index (χ0v) is 15.6. The van der Waals surface area contributed by atoms with Crippen molar-refractivity contribution in [1.82, 2.24) is 5.32 Å². The molecular weight excluding hydrogens is 341 g/mol. The molecule has 0 spiro atoms. The molecule has 0 saturated heterocycles. The van der Waals surface area contributed by atoms with Gasteiger partial charge in [-0.1, -0.05) is 48.3 Å². The maximum atomic E-state index is 13.1. The van der Waals surface area contributed by atoms with Gasteiger partial charge in [-0.3, -0.25) is 0 Å². The van der Waals surface area contributed by atoms with Crippen LogP contribution in [0.25, 0.3) is 6.08 Å². The van der Waals surface area contributed by atoms with Crippen molar-refractivity contribution in [2.45, 2.75) is 32.4 Å². The van der Waals surface area contributed by atoms with E-state index in [1.165, 1.54) is 12.1 Å². The van der Waals surface area contributed by atoms with Crippen LogP contribution < -0.4 is 5.32 Å². The summed E-state index contributed by atoms with van der Waals surface area (Å²) in [4.78, 5) is 12.3. The smallest absolute Gasteiger partial charge is 0.408 e. The molecule has 2 atom stereocenters. The molecule has 0 heterocycles. The van der Waals surface area contributed by atoms with Crippen molar-refractivity contribution in [1.29, 1.82) is 0 Å². The number of amides is 1. The first-order valence-corrected chi connectivity index (χ1v) is 8.85. The topological polar surface area (TPSA) is 38.3 Å². The minimum absolute atomic E-state index is 0.225. The van der Waals surface area contributed by atoms with Gasteiger partial charge in [0.15, 0.2) is 0 Å². The summed E-state index contributed by atoms with van der Waals surface area (Å²) < 4.78 is 18.5. The Kier molecular flexibility index (Phi) is 5.32. The highest BCUT2D eigenvalue weighted by atomic mass is 19.1. The largest absolute Gasteiger partial charge is 0.444 e. The summed E-state index contributed by atoms with van der Waals surface area (Å²) in [5.41, 5.74) is 2.17. The van der Waals surface area contributed by atoms with E-state index >= 15 is 0 Å². The second-order valence-electron chi connectivity index (χ2n) is 7.41. The minimum Gasteiger partial charge on any atom is -0.444 e. The van der Waals surface area contributed by atoms with Gasteiger partial charge in [0, 0.05) is 5.56 Å². The molecule has 3 rings (SSSR count). The zero-order chi connectivity index (χ0) is 19.4. The van der Waals surface area contributed by atoms with Crippen LogP contribution in [0, 0.1) is 23.6 Å². The molecule has 0 fully saturated rings. The number of hydrogen-bond donors (Lipinski definition) is 1. The Labute approximate surface area is 159 Å². The molecule has 2 aromatic carbocycles. The summed E-state index contributed by atoms with van der Waals surface area (Å²) >= 11 is 0. The predicted molar refractivity (Wildman–Crippen MR) is 104 cm³/mol. The van der Waals surface area contributed by atoms with Crippen LogP contribution >= 0.6 is 0 Å². The highest BCUT2D eigenvalue weighted by Crippen LogP contribution is 2.32. The number of benzene rings is 2. The molecule has 1 N–H and O–H groups in total. The summed E-state index contributed by atoms with van der Waals surface area (Å²) in [6, 6.07) is 13.6. The predicted octanol–water partition coefficient (Wildman–Crippen LogP) is 5.09. The summed E-state index contributed by atoms with van der Waals surface area (Å²) in [6.07, 6.45) is 3.50. The standard InChI is InChI=1S/C23H22FNO2/c1-23(2,3)27-22(26)25-21-18(11-8-16-9-14-19(24)15-10-16)13-12-17-6-4-5-7-20(17)21/h4-7,9-10,12-15,18,21H,1-3H3,(H,25,26)/t18-,21-/m1/s1. The van der Waals surface area contributed by atoms with Gasteiger partial charge >= 0.3 is 6.09 Å². The monoisotopic (exact) mass is 363 g/mol. The van der Waals surface area contributed by atoms with Gasteiger partial charge in [0.05, 0.1) is 12.0 Å². The molecule has 3 nitrogen and oxygen atoms in total. The molecule has 1 amide bonds. The van der Waals surface area contributed by atoms with Crippen LogP contribution in [-0.2, 0) is 4.74 Å². The number of carbonyl (C=O) groups is 1. The lowest BCUT2D eigenvalue weighted by Gasteiger charge is -2.29. The first-order chi connectivity index (χ1) is 12.8. The molecule has 0 saturated carbocycles. The molecule has 1 aliphatic rings. The van der Waals surface area contributed by atoms with Gasteiger partial charge in [0.2, 0.25) is 0 Å². The van der Waals surface area contributed by atoms with Gasteiger partial charge in [-0.15, -0.1) is 0 Å². The third kappa shape index (κ3) is 4.98. The van der Waals surface area contributed by atoms with Crippen LogP contribution in [-0.4, -0.2) is 11.7 Å². The molecule has 0 aromatic heterocycles. The van der Waals surface area contributed by atoms with E-state index in [2.05, 4.69) is 17.2 Å². The minimum atomic E-state index is -0.580. The normalized spacial score (nSPS) is 18.1. The lowest BCUT2D eigenvalue weighted by atomic mass is 9.85. The van der Waals surface area contributed by atoms with E-state index in [9.17, 15) is 9.18 Å². The summed E-state index contributed by atoms with van der Waals surface area (Å²) in [6.45, 7) is 5.48. The molecule has 27 heavy (non-hydrogen) atoms. The van der Waals surface area contributed by atoms with Crippen LogP contribution in [0.4, 0.5) is 9.18 Å². The molecule has 0 radical (unpaired) electrons. The van der Waals surface area contributed by atoms with Gasteiger partial charge in [-0.2, -0.15) is 0 Å². The quantitative estimate of drug-likeness (QED) is 0.717. The van der Waals surface area contributed by atoms with Gasteiger partial charge in [-0.05, 0) is 56.2 Å². The summed E-state index contributed by atoms with van der Waals surface area (Å²) in [7, 11) is 0. The van der Waals surface area contributed by atoms with E-state index in [1.807, 2.05) is 57.2 Å². The van der Waals surface area contributed by atoms with Crippen LogP contribution in [0.1, 0.15) is 43.5 Å². The van der Waals surface area contributed by atoms with Gasteiger partial charge in [-0.25, -0.2) is 9.18 Å². The number of ether oxygens (including phenoxy) is 1. The Morgan fingerprint density at radius 3 is 2.52 bits per heavy atom. The van der Waals surface area contributed by atoms with Crippen molar-refractivity contribution in [2.75, 3.05) is 0 Å². The van der Waals surface area contributed by atoms with Crippen LogP contribution in [0.3, 0.4) is 0 Å². The van der Waals surface area contributed by atoms with E-state index in [0.717, 1.165) is 16.7 Å². The molecule has 1 aliphatic carbocycles. The number of halogens is 1. The molecule has 2 aromatic rings. The van der Waals surface area contributed by atoms with Gasteiger partial charge in [0.1, 0.15) is 11.4 Å². The van der Waals surface area contributed by atoms with Crippen molar-refractivity contribution < 1.29 is 13.9 Å². The number of rotatable bonds is 1. The fraction of sp³-hybridized carbons (Fsp3) is 0.261. The number of alkyl carbamates (subject to hydrolysis) is 1. The second-order valence-corrected chi connectivity index (χ2v) is 7.41. The Bertz CT molecular complexity index is 914. The molecule has 0 bridgehead atoms. The first-order valence-electron chi connectivity index (χ1n) is 8.85. The van der Waals surface area contributed by atoms with Crippen LogP contribution in [0.15, 0.2) is 54.6 Å². The van der Waals surface area contributed by atoms with Gasteiger partial charge < -0.3 is 10.1 Å². The Hall–Kier alpha value is -3.06. The fourth-order valence-electron chi connectivity index (χ4n) is 2.89. The van der Waals surface area contributed by atoms with E-state index < -0.39 is 11.7 Å². The highest BCUT2D eigenvalue weighted by Gasteiger charge is 2.28. The third-order valence-electron chi connectivity index (χ3n) is 4.07. The van der Waals surface area contributed by atoms with Crippen LogP contribution in [0.5, 0.6) is 0 Å². The Morgan fingerprint density at radius 1 is 1.11 bits per heavy atom. The summed E-state index contributed by atoms with van der Waals surface area (Å²) in [5.74, 6) is 5.73. The highest BCUT2D eigenvalue weighted by molar-refractivity contribution is 5.70. The fourth-order valence-corrected chi connectivity index (χ4v) is 2.89. The first kappa shape index (κ1) is 18.7. The van der Waals surface area contributed by atoms with Crippen LogP contribution in [0.2, 0.25) is 0 Å². The summed E-state index contributed by atoms with van der Waals surface area (Å²) in [5, 5.41) is 2.95. The second kappa shape index (κ2) is 7.67. The molecule has 138 valence electrons. The number of carbonyl (C=O) groups excluding carboxylic acids is 1. The average molecular weight is 363 g/mol. The Morgan fingerprint density at radius 2 is 1.81 bits per heavy atom. The third-order valence-corrected chi connectivity index (χ3v) is 4.07. The lowest BCUT2D eigenvalue weighted by Crippen LogP contribution is -2.38. The average Bonchev–Trinajstić information content (AvgIpc) is 2.61. The molecule has 0 unspecified atom stereocenters. The zero-order valence-electron chi connectivity index (χ0n) is 15.6. The number of nitrogens with one attached hydrogen (secondary N) is 1. The van der Waals surface area contributed by atoms with E-state index in [0.29, 0.717) is 0 Å². The van der Waals surface area contributed by atoms with Crippen molar-refractivity contribution in [2.24, 2.45) is 5.92 Å². The van der Waals surface area contributed by atoms with E-state index in [1.54, 1.807) is 12.1 Å². The SMILES string of the molecule is CC(C)(C)OC(=O)N[C@H]1c2ccccc2C=C[C@H]1C#Cc1ccc(F)cc1. The van der Waals surface area contributed by atoms with E-state index in [-0.39, 0.29) is 17.8 Å². The number of hydrogen-bond acceptors (Lipinski definition) is 2. The molecular formula is C23H22FNO2. The van der Waals surface area contributed by atoms with E-state index in [4.69, 9.17) is 4.74 Å². The van der Waals surface area contributed by atoms with Crippen molar-refractivity contribution >= 4 is 12.2 Å². The van der Waals surface area contributed by atoms with Crippen molar-refractivity contribution in [3.05, 3.63) is 77.1 Å². The maximum absolute atomic E-state index is 13.1. The Balaban J connectivity index is 1.88. The number of fused-ring (bicyclic) bond motifs is 1. The van der Waals surface area contributed by atoms with Gasteiger partial charge in [0.25, 0.3) is 0 Å². The van der Waals surface area contributed by atoms with Crippen molar-refractivity contribution in [3.8, 4) is 11.8 Å². The molecule has 4 heteroatoms. The maximum Gasteiger partial charge on any atom is 0.408 e. The molecule has 0 aliphatic heterocycles. The van der Waals surface area contributed by atoms with Crippen molar-refractivity contribution in [3.63, 3.8) is 0 Å².